The summed E-state index contributed by atoms with van der Waals surface area (Å²) in [5.74, 6) is 1.39. The van der Waals surface area contributed by atoms with Crippen molar-refractivity contribution in [2.24, 2.45) is 11.8 Å². The van der Waals surface area contributed by atoms with Gasteiger partial charge in [-0.15, -0.1) is 0 Å². The van der Waals surface area contributed by atoms with Crippen molar-refractivity contribution in [3.05, 3.63) is 34.4 Å². The fourth-order valence-corrected chi connectivity index (χ4v) is 3.96. The van der Waals surface area contributed by atoms with E-state index in [2.05, 4.69) is 39.8 Å². The number of rotatable bonds is 7. The fraction of sp³-hybridized carbons (Fsp3) is 0.650. The lowest BCUT2D eigenvalue weighted by Crippen LogP contribution is -2.15. The topological polar surface area (TPSA) is 17.1 Å². The van der Waals surface area contributed by atoms with E-state index in [0.717, 1.165) is 30.7 Å². The first-order valence-corrected chi connectivity index (χ1v) is 8.77. The Balaban J connectivity index is 2.14. The lowest BCUT2D eigenvalue weighted by Gasteiger charge is -2.18. The number of carbonyl (C=O) groups is 1. The maximum atomic E-state index is 12.7. The van der Waals surface area contributed by atoms with Crippen LogP contribution in [0.15, 0.2) is 12.1 Å². The summed E-state index contributed by atoms with van der Waals surface area (Å²) < 4.78 is 0. The first kappa shape index (κ1) is 16.3. The summed E-state index contributed by atoms with van der Waals surface area (Å²) in [5, 5.41) is 0. The lowest BCUT2D eigenvalue weighted by molar-refractivity contribution is 0.0915. The summed E-state index contributed by atoms with van der Waals surface area (Å²) in [4.78, 5) is 12.7. The summed E-state index contributed by atoms with van der Waals surface area (Å²) in [6.07, 6.45) is 8.10. The van der Waals surface area contributed by atoms with Crippen LogP contribution in [0.4, 0.5) is 0 Å². The molecule has 1 heteroatoms. The molecule has 1 aliphatic carbocycles. The Kier molecular flexibility index (Phi) is 5.61. The molecular weight excluding hydrogens is 256 g/mol. The Hall–Kier alpha value is -1.11. The smallest absolute Gasteiger partial charge is 0.166 e. The van der Waals surface area contributed by atoms with E-state index >= 15 is 0 Å². The van der Waals surface area contributed by atoms with E-state index in [1.54, 1.807) is 0 Å². The predicted octanol–water partition coefficient (Wildman–Crippen LogP) is 5.52. The van der Waals surface area contributed by atoms with Gasteiger partial charge in [-0.25, -0.2) is 0 Å². The minimum atomic E-state index is 0.245. The molecule has 1 nitrogen and oxygen atoms in total. The molecule has 21 heavy (non-hydrogen) atoms. The maximum Gasteiger partial charge on any atom is 0.166 e. The van der Waals surface area contributed by atoms with Crippen LogP contribution in [0.5, 0.6) is 0 Å². The molecule has 0 bridgehead atoms. The van der Waals surface area contributed by atoms with Crippen LogP contribution in [0, 0.1) is 18.8 Å². The van der Waals surface area contributed by atoms with E-state index in [-0.39, 0.29) is 5.92 Å². The third-order valence-corrected chi connectivity index (χ3v) is 5.06. The van der Waals surface area contributed by atoms with E-state index in [9.17, 15) is 4.79 Å². The van der Waals surface area contributed by atoms with Crippen LogP contribution in [0.1, 0.15) is 79.9 Å². The van der Waals surface area contributed by atoms with Gasteiger partial charge in [0.25, 0.3) is 0 Å². The van der Waals surface area contributed by atoms with Crippen molar-refractivity contribution in [3.8, 4) is 0 Å². The predicted molar refractivity (Wildman–Crippen MR) is 90.0 cm³/mol. The van der Waals surface area contributed by atoms with Crippen LogP contribution in [0.25, 0.3) is 0 Å². The van der Waals surface area contributed by atoms with E-state index in [4.69, 9.17) is 0 Å². The molecule has 1 aliphatic rings. The molecule has 2 rings (SSSR count). The number of ketones is 1. The van der Waals surface area contributed by atoms with Gasteiger partial charge < -0.3 is 0 Å². The standard InChI is InChI=1S/C20H30O/c1-5-8-15(9-6-2)11-18-12-17-10-14(4)16(7-3)13-19(17)20(18)21/h10,13,15,18H,5-9,11-12H2,1-4H3. The SMILES string of the molecule is CCCC(CCC)CC1Cc2cc(C)c(CC)cc2C1=O. The average Bonchev–Trinajstić information content (AvgIpc) is 2.74. The van der Waals surface area contributed by atoms with E-state index in [1.165, 1.54) is 42.4 Å². The van der Waals surface area contributed by atoms with E-state index in [0.29, 0.717) is 5.78 Å². The van der Waals surface area contributed by atoms with Crippen molar-refractivity contribution in [2.75, 3.05) is 0 Å². The molecule has 0 aliphatic heterocycles. The minimum Gasteiger partial charge on any atom is -0.294 e. The largest absolute Gasteiger partial charge is 0.294 e. The number of Topliss-reactive ketones (excluding diaryl/α,β-unsaturated/α-hetero) is 1. The highest BCUT2D eigenvalue weighted by molar-refractivity contribution is 6.02. The van der Waals surface area contributed by atoms with Gasteiger partial charge in [-0.05, 0) is 54.9 Å². The number of carbonyl (C=O) groups excluding carboxylic acids is 1. The van der Waals surface area contributed by atoms with Crippen molar-refractivity contribution in [1.29, 1.82) is 0 Å². The van der Waals surface area contributed by atoms with Crippen molar-refractivity contribution in [1.82, 2.24) is 0 Å². The maximum absolute atomic E-state index is 12.7. The highest BCUT2D eigenvalue weighted by Gasteiger charge is 2.32. The highest BCUT2D eigenvalue weighted by atomic mass is 16.1. The Morgan fingerprint density at radius 1 is 1.14 bits per heavy atom. The fourth-order valence-electron chi connectivity index (χ4n) is 3.96. The molecule has 1 aromatic rings. The molecular formula is C20H30O. The van der Waals surface area contributed by atoms with Crippen LogP contribution in [0.3, 0.4) is 0 Å². The highest BCUT2D eigenvalue weighted by Crippen LogP contribution is 2.35. The Bertz CT molecular complexity index is 495. The Morgan fingerprint density at radius 2 is 1.81 bits per heavy atom. The van der Waals surface area contributed by atoms with E-state index in [1.807, 2.05) is 0 Å². The van der Waals surface area contributed by atoms with Crippen molar-refractivity contribution < 1.29 is 4.79 Å². The average molecular weight is 286 g/mol. The molecule has 1 unspecified atom stereocenters. The molecule has 0 fully saturated rings. The Morgan fingerprint density at radius 3 is 2.38 bits per heavy atom. The molecule has 0 saturated carbocycles. The van der Waals surface area contributed by atoms with Gasteiger partial charge in [-0.2, -0.15) is 0 Å². The number of hydrogen-bond donors (Lipinski definition) is 0. The molecule has 0 aromatic heterocycles. The number of aryl methyl sites for hydroxylation is 2. The molecule has 0 spiro atoms. The third kappa shape index (κ3) is 3.56. The first-order valence-electron chi connectivity index (χ1n) is 8.77. The quantitative estimate of drug-likeness (QED) is 0.645. The zero-order chi connectivity index (χ0) is 15.4. The first-order chi connectivity index (χ1) is 10.1. The molecule has 0 radical (unpaired) electrons. The molecule has 0 saturated heterocycles. The molecule has 116 valence electrons. The zero-order valence-corrected chi connectivity index (χ0v) is 14.2. The zero-order valence-electron chi connectivity index (χ0n) is 14.2. The Labute approximate surface area is 130 Å². The lowest BCUT2D eigenvalue weighted by atomic mass is 9.86. The second kappa shape index (κ2) is 7.24. The van der Waals surface area contributed by atoms with Gasteiger partial charge in [0.2, 0.25) is 0 Å². The van der Waals surface area contributed by atoms with Crippen LogP contribution in [-0.4, -0.2) is 5.78 Å². The molecule has 0 heterocycles. The summed E-state index contributed by atoms with van der Waals surface area (Å²) in [5.41, 5.74) is 5.01. The number of fused-ring (bicyclic) bond motifs is 1. The van der Waals surface area contributed by atoms with Crippen LogP contribution in [0.2, 0.25) is 0 Å². The van der Waals surface area contributed by atoms with Crippen molar-refractivity contribution in [3.63, 3.8) is 0 Å². The van der Waals surface area contributed by atoms with Crippen LogP contribution < -0.4 is 0 Å². The minimum absolute atomic E-state index is 0.245. The molecule has 1 atom stereocenters. The molecule has 0 amide bonds. The number of benzene rings is 1. The van der Waals surface area contributed by atoms with Gasteiger partial charge in [0.1, 0.15) is 0 Å². The second-order valence-corrected chi connectivity index (χ2v) is 6.73. The van der Waals surface area contributed by atoms with Gasteiger partial charge in [0, 0.05) is 11.5 Å². The summed E-state index contributed by atoms with van der Waals surface area (Å²) >= 11 is 0. The van der Waals surface area contributed by atoms with Gasteiger partial charge in [0.05, 0.1) is 0 Å². The summed E-state index contributed by atoms with van der Waals surface area (Å²) in [7, 11) is 0. The third-order valence-electron chi connectivity index (χ3n) is 5.06. The van der Waals surface area contributed by atoms with Gasteiger partial charge in [0.15, 0.2) is 5.78 Å². The van der Waals surface area contributed by atoms with Gasteiger partial charge in [-0.3, -0.25) is 4.79 Å². The van der Waals surface area contributed by atoms with Gasteiger partial charge >= 0.3 is 0 Å². The van der Waals surface area contributed by atoms with Crippen LogP contribution in [-0.2, 0) is 12.8 Å². The second-order valence-electron chi connectivity index (χ2n) is 6.73. The molecule has 1 aromatic carbocycles. The normalized spacial score (nSPS) is 17.6. The summed E-state index contributed by atoms with van der Waals surface area (Å²) in [6, 6.07) is 4.43. The molecule has 0 N–H and O–H groups in total. The van der Waals surface area contributed by atoms with Crippen molar-refractivity contribution >= 4 is 5.78 Å². The van der Waals surface area contributed by atoms with Crippen LogP contribution >= 0.6 is 0 Å². The summed E-state index contributed by atoms with van der Waals surface area (Å²) in [6.45, 7) is 8.85. The van der Waals surface area contributed by atoms with E-state index < -0.39 is 0 Å². The van der Waals surface area contributed by atoms with Crippen molar-refractivity contribution in [2.45, 2.75) is 72.6 Å². The number of hydrogen-bond acceptors (Lipinski definition) is 1. The monoisotopic (exact) mass is 286 g/mol. The van der Waals surface area contributed by atoms with Gasteiger partial charge in [-0.1, -0.05) is 52.5 Å².